The zero-order chi connectivity index (χ0) is 16.5. The predicted molar refractivity (Wildman–Crippen MR) is 82.1 cm³/mol. The Labute approximate surface area is 131 Å². The van der Waals surface area contributed by atoms with E-state index in [4.69, 9.17) is 10.5 Å². The molecule has 0 spiro atoms. The highest BCUT2D eigenvalue weighted by Crippen LogP contribution is 2.33. The van der Waals surface area contributed by atoms with E-state index in [9.17, 15) is 9.90 Å². The number of rotatable bonds is 2. The first kappa shape index (κ1) is 16.8. The maximum Gasteiger partial charge on any atom is 0.410 e. The first-order chi connectivity index (χ1) is 10.1. The minimum atomic E-state index is -1.04. The molecule has 0 saturated carbocycles. The number of imidazole rings is 1. The van der Waals surface area contributed by atoms with Crippen LogP contribution in [0.2, 0.25) is 0 Å². The Kier molecular flexibility index (Phi) is 4.49. The van der Waals surface area contributed by atoms with Crippen molar-refractivity contribution in [2.75, 3.05) is 13.1 Å². The molecule has 1 unspecified atom stereocenters. The van der Waals surface area contributed by atoms with Crippen LogP contribution in [0.25, 0.3) is 0 Å². The SMILES string of the molecule is Cn1cncc1C(N)C1(O)CCN(C(=O)OC(C)(C)C)CC1. The monoisotopic (exact) mass is 310 g/mol. The van der Waals surface area contributed by atoms with Gasteiger partial charge in [-0.2, -0.15) is 0 Å². The smallest absolute Gasteiger partial charge is 0.410 e. The van der Waals surface area contributed by atoms with Crippen molar-refractivity contribution in [3.8, 4) is 0 Å². The number of aliphatic hydroxyl groups is 1. The number of aromatic nitrogens is 2. The highest BCUT2D eigenvalue weighted by atomic mass is 16.6. The minimum Gasteiger partial charge on any atom is -0.444 e. The van der Waals surface area contributed by atoms with Crippen LogP contribution in [0.4, 0.5) is 4.79 Å². The van der Waals surface area contributed by atoms with E-state index in [1.807, 2.05) is 32.4 Å². The van der Waals surface area contributed by atoms with Gasteiger partial charge in [-0.25, -0.2) is 9.78 Å². The second kappa shape index (κ2) is 5.89. The molecule has 1 atom stereocenters. The average Bonchev–Trinajstić information content (AvgIpc) is 2.82. The van der Waals surface area contributed by atoms with Gasteiger partial charge in [0.2, 0.25) is 0 Å². The fourth-order valence-electron chi connectivity index (χ4n) is 2.66. The van der Waals surface area contributed by atoms with Crippen molar-refractivity contribution in [2.24, 2.45) is 12.8 Å². The van der Waals surface area contributed by atoms with Gasteiger partial charge in [0.05, 0.1) is 23.7 Å². The maximum absolute atomic E-state index is 12.1. The van der Waals surface area contributed by atoms with E-state index < -0.39 is 17.2 Å². The number of nitrogens with two attached hydrogens (primary N) is 1. The summed E-state index contributed by atoms with van der Waals surface area (Å²) >= 11 is 0. The highest BCUT2D eigenvalue weighted by molar-refractivity contribution is 5.68. The summed E-state index contributed by atoms with van der Waals surface area (Å²) in [5, 5.41) is 10.8. The van der Waals surface area contributed by atoms with Crippen molar-refractivity contribution >= 4 is 6.09 Å². The second-order valence-corrected chi connectivity index (χ2v) is 6.98. The van der Waals surface area contributed by atoms with Gasteiger partial charge in [-0.15, -0.1) is 0 Å². The van der Waals surface area contributed by atoms with Gasteiger partial charge >= 0.3 is 6.09 Å². The summed E-state index contributed by atoms with van der Waals surface area (Å²) in [5.74, 6) is 0. The van der Waals surface area contributed by atoms with Crippen molar-refractivity contribution in [1.82, 2.24) is 14.5 Å². The number of carbonyl (C=O) groups is 1. The lowest BCUT2D eigenvalue weighted by molar-refractivity contribution is -0.0488. The third-order valence-corrected chi connectivity index (χ3v) is 4.03. The van der Waals surface area contributed by atoms with E-state index in [0.717, 1.165) is 5.69 Å². The zero-order valence-corrected chi connectivity index (χ0v) is 13.7. The summed E-state index contributed by atoms with van der Waals surface area (Å²) in [6.07, 6.45) is 3.82. The van der Waals surface area contributed by atoms with E-state index in [0.29, 0.717) is 25.9 Å². The summed E-state index contributed by atoms with van der Waals surface area (Å²) in [4.78, 5) is 17.7. The van der Waals surface area contributed by atoms with Crippen molar-refractivity contribution in [2.45, 2.75) is 50.9 Å². The largest absolute Gasteiger partial charge is 0.444 e. The molecule has 0 aliphatic carbocycles. The van der Waals surface area contributed by atoms with Crippen LogP contribution in [0.1, 0.15) is 45.3 Å². The summed E-state index contributed by atoms with van der Waals surface area (Å²) in [7, 11) is 1.85. The second-order valence-electron chi connectivity index (χ2n) is 6.98. The molecule has 1 aromatic heterocycles. The molecular weight excluding hydrogens is 284 g/mol. The van der Waals surface area contributed by atoms with Gasteiger partial charge in [-0.05, 0) is 33.6 Å². The van der Waals surface area contributed by atoms with E-state index >= 15 is 0 Å². The predicted octanol–water partition coefficient (Wildman–Crippen LogP) is 1.18. The van der Waals surface area contributed by atoms with Crippen LogP contribution in [-0.2, 0) is 11.8 Å². The fraction of sp³-hybridized carbons (Fsp3) is 0.733. The standard InChI is InChI=1S/C15H26N4O3/c1-14(2,3)22-13(20)19-7-5-15(21,6-8-19)12(16)11-9-17-10-18(11)4/h9-10,12,21H,5-8,16H2,1-4H3. The average molecular weight is 310 g/mol. The first-order valence-corrected chi connectivity index (χ1v) is 7.54. The number of aryl methyl sites for hydroxylation is 1. The number of carbonyl (C=O) groups excluding carboxylic acids is 1. The summed E-state index contributed by atoms with van der Waals surface area (Å²) in [6, 6.07) is -0.527. The van der Waals surface area contributed by atoms with Gasteiger partial charge in [-0.3, -0.25) is 0 Å². The number of likely N-dealkylation sites (tertiary alicyclic amines) is 1. The van der Waals surface area contributed by atoms with Crippen molar-refractivity contribution in [1.29, 1.82) is 0 Å². The van der Waals surface area contributed by atoms with Crippen LogP contribution in [0.3, 0.4) is 0 Å². The molecule has 2 rings (SSSR count). The number of hydrogen-bond acceptors (Lipinski definition) is 5. The number of piperidine rings is 1. The molecule has 1 aromatic rings. The van der Waals surface area contributed by atoms with Crippen molar-refractivity contribution in [3.63, 3.8) is 0 Å². The van der Waals surface area contributed by atoms with Gasteiger partial charge in [0, 0.05) is 26.3 Å². The van der Waals surface area contributed by atoms with Gasteiger partial charge in [0.15, 0.2) is 0 Å². The van der Waals surface area contributed by atoms with Crippen LogP contribution in [0, 0.1) is 0 Å². The molecule has 3 N–H and O–H groups in total. The van der Waals surface area contributed by atoms with Crippen LogP contribution in [0.5, 0.6) is 0 Å². The Morgan fingerprint density at radius 3 is 2.50 bits per heavy atom. The van der Waals surface area contributed by atoms with Crippen LogP contribution in [-0.4, -0.2) is 49.9 Å². The molecule has 7 heteroatoms. The lowest BCUT2D eigenvalue weighted by Crippen LogP contribution is -2.52. The summed E-state index contributed by atoms with van der Waals surface area (Å²) in [6.45, 7) is 6.37. The Morgan fingerprint density at radius 2 is 2.05 bits per heavy atom. The number of hydrogen-bond donors (Lipinski definition) is 2. The summed E-state index contributed by atoms with van der Waals surface area (Å²) < 4.78 is 7.17. The zero-order valence-electron chi connectivity index (χ0n) is 13.7. The highest BCUT2D eigenvalue weighted by Gasteiger charge is 2.41. The van der Waals surface area contributed by atoms with E-state index in [1.165, 1.54) is 0 Å². The molecule has 1 aliphatic heterocycles. The maximum atomic E-state index is 12.1. The Morgan fingerprint density at radius 1 is 1.45 bits per heavy atom. The molecule has 1 saturated heterocycles. The number of nitrogens with zero attached hydrogens (tertiary/aromatic N) is 3. The van der Waals surface area contributed by atoms with Crippen LogP contribution in [0.15, 0.2) is 12.5 Å². The first-order valence-electron chi connectivity index (χ1n) is 7.54. The molecular formula is C15H26N4O3. The molecule has 22 heavy (non-hydrogen) atoms. The molecule has 2 heterocycles. The van der Waals surface area contributed by atoms with Gasteiger partial charge in [0.1, 0.15) is 5.60 Å². The molecule has 0 radical (unpaired) electrons. The lowest BCUT2D eigenvalue weighted by atomic mass is 9.83. The molecule has 0 bridgehead atoms. The quantitative estimate of drug-likeness (QED) is 0.855. The third-order valence-electron chi connectivity index (χ3n) is 4.03. The van der Waals surface area contributed by atoms with E-state index in [2.05, 4.69) is 4.98 Å². The number of ether oxygens (including phenoxy) is 1. The Balaban J connectivity index is 1.99. The molecule has 0 aromatic carbocycles. The van der Waals surface area contributed by atoms with Gasteiger partial charge in [0.25, 0.3) is 0 Å². The molecule has 124 valence electrons. The molecule has 7 nitrogen and oxygen atoms in total. The minimum absolute atomic E-state index is 0.344. The Hall–Kier alpha value is -1.60. The van der Waals surface area contributed by atoms with Crippen LogP contribution >= 0.6 is 0 Å². The molecule has 1 aliphatic rings. The van der Waals surface area contributed by atoms with Crippen LogP contribution < -0.4 is 5.73 Å². The number of amides is 1. The molecule has 1 fully saturated rings. The third kappa shape index (κ3) is 3.59. The summed E-state index contributed by atoms with van der Waals surface area (Å²) in [5.41, 5.74) is 5.46. The van der Waals surface area contributed by atoms with Crippen molar-refractivity contribution in [3.05, 3.63) is 18.2 Å². The van der Waals surface area contributed by atoms with Crippen molar-refractivity contribution < 1.29 is 14.6 Å². The fourth-order valence-corrected chi connectivity index (χ4v) is 2.66. The molecule has 1 amide bonds. The lowest BCUT2D eigenvalue weighted by Gasteiger charge is -2.41. The normalized spacial score (nSPS) is 19.8. The van der Waals surface area contributed by atoms with E-state index in [-0.39, 0.29) is 6.09 Å². The van der Waals surface area contributed by atoms with Gasteiger partial charge < -0.3 is 25.0 Å². The Bertz CT molecular complexity index is 527. The van der Waals surface area contributed by atoms with E-state index in [1.54, 1.807) is 17.4 Å². The topological polar surface area (TPSA) is 93.6 Å². The van der Waals surface area contributed by atoms with Gasteiger partial charge in [-0.1, -0.05) is 0 Å².